The van der Waals surface area contributed by atoms with Crippen LogP contribution in [0.3, 0.4) is 0 Å². The highest BCUT2D eigenvalue weighted by Gasteiger charge is 2.27. The minimum absolute atomic E-state index is 0.0383. The molecule has 0 spiro atoms. The maximum Gasteiger partial charge on any atom is 0.307 e. The molecule has 1 aliphatic rings. The number of carboxylic acid groups (broad SMARTS) is 1. The quantitative estimate of drug-likeness (QED) is 0.881. The summed E-state index contributed by atoms with van der Waals surface area (Å²) in [4.78, 5) is 16.9. The smallest absolute Gasteiger partial charge is 0.307 e. The van der Waals surface area contributed by atoms with Gasteiger partial charge in [-0.05, 0) is 24.5 Å². The number of aromatic nitrogens is 1. The summed E-state index contributed by atoms with van der Waals surface area (Å²) < 4.78 is 23.0. The van der Waals surface area contributed by atoms with E-state index in [1.807, 2.05) is 4.90 Å². The first-order chi connectivity index (χ1) is 9.36. The first-order valence-corrected chi connectivity index (χ1v) is 8.42. The molecule has 0 saturated carbocycles. The van der Waals surface area contributed by atoms with Crippen molar-refractivity contribution in [3.05, 3.63) is 23.9 Å². The highest BCUT2D eigenvalue weighted by atomic mass is 32.2. The molecule has 0 unspecified atom stereocenters. The van der Waals surface area contributed by atoms with E-state index < -0.39 is 15.8 Å². The number of carbonyl (C=O) groups is 1. The molecule has 0 aromatic carbocycles. The monoisotopic (exact) mass is 298 g/mol. The van der Waals surface area contributed by atoms with Crippen LogP contribution in [0.1, 0.15) is 18.4 Å². The second-order valence-corrected chi connectivity index (χ2v) is 7.44. The van der Waals surface area contributed by atoms with Gasteiger partial charge in [-0.2, -0.15) is 0 Å². The van der Waals surface area contributed by atoms with E-state index in [2.05, 4.69) is 4.98 Å². The normalized spacial score (nSPS) is 17.1. The third-order valence-corrected chi connectivity index (χ3v) is 5.22. The molecule has 7 heteroatoms. The number of rotatable bonds is 4. The number of anilines is 1. The van der Waals surface area contributed by atoms with E-state index in [0.717, 1.165) is 5.82 Å². The van der Waals surface area contributed by atoms with Gasteiger partial charge in [-0.1, -0.05) is 6.07 Å². The Balaban J connectivity index is 1.99. The lowest BCUT2D eigenvalue weighted by Crippen LogP contribution is -2.39. The molecule has 20 heavy (non-hydrogen) atoms. The zero-order valence-electron chi connectivity index (χ0n) is 11.3. The molecule has 1 N–H and O–H groups in total. The number of aliphatic carboxylic acids is 1. The van der Waals surface area contributed by atoms with Gasteiger partial charge in [0.05, 0.1) is 11.7 Å². The van der Waals surface area contributed by atoms with E-state index in [1.165, 1.54) is 6.26 Å². The zero-order valence-corrected chi connectivity index (χ0v) is 12.1. The number of pyridine rings is 1. The van der Waals surface area contributed by atoms with E-state index in [-0.39, 0.29) is 11.7 Å². The molecule has 6 nitrogen and oxygen atoms in total. The van der Waals surface area contributed by atoms with Gasteiger partial charge in [0, 0.05) is 25.5 Å². The number of nitrogens with zero attached hydrogens (tertiary/aromatic N) is 2. The average Bonchev–Trinajstić information content (AvgIpc) is 2.38. The number of sulfone groups is 1. The van der Waals surface area contributed by atoms with E-state index in [9.17, 15) is 13.2 Å². The summed E-state index contributed by atoms with van der Waals surface area (Å²) >= 11 is 0. The molecule has 0 bridgehead atoms. The summed E-state index contributed by atoms with van der Waals surface area (Å²) in [6.45, 7) is 1.31. The molecule has 1 aromatic rings. The average molecular weight is 298 g/mol. The fourth-order valence-electron chi connectivity index (χ4n) is 2.40. The fourth-order valence-corrected chi connectivity index (χ4v) is 3.46. The van der Waals surface area contributed by atoms with Crippen molar-refractivity contribution in [2.24, 2.45) is 0 Å². The standard InChI is InChI=1S/C13H18N2O4S/c1-20(18,19)11-4-6-15(7-5-11)12-3-2-10(9-14-12)8-13(16)17/h2-3,9,11H,4-8H2,1H3,(H,16,17). The predicted octanol–water partition coefficient (Wildman–Crippen LogP) is 0.722. The van der Waals surface area contributed by atoms with Gasteiger partial charge in [-0.15, -0.1) is 0 Å². The lowest BCUT2D eigenvalue weighted by Gasteiger charge is -2.31. The zero-order chi connectivity index (χ0) is 14.8. The van der Waals surface area contributed by atoms with Gasteiger partial charge in [0.2, 0.25) is 0 Å². The van der Waals surface area contributed by atoms with E-state index >= 15 is 0 Å². The van der Waals surface area contributed by atoms with Gasteiger partial charge in [0.1, 0.15) is 15.7 Å². The molecule has 0 aliphatic carbocycles. The van der Waals surface area contributed by atoms with Gasteiger partial charge in [-0.25, -0.2) is 13.4 Å². The Kier molecular flexibility index (Phi) is 4.27. The van der Waals surface area contributed by atoms with Crippen molar-refractivity contribution < 1.29 is 18.3 Å². The van der Waals surface area contributed by atoms with Crippen LogP contribution >= 0.6 is 0 Å². The van der Waals surface area contributed by atoms with Crippen molar-refractivity contribution in [1.82, 2.24) is 4.98 Å². The summed E-state index contributed by atoms with van der Waals surface area (Å²) in [5.74, 6) is -0.111. The van der Waals surface area contributed by atoms with Crippen molar-refractivity contribution in [3.63, 3.8) is 0 Å². The Hall–Kier alpha value is -1.63. The number of hydrogen-bond acceptors (Lipinski definition) is 5. The Morgan fingerprint density at radius 3 is 2.50 bits per heavy atom. The summed E-state index contributed by atoms with van der Waals surface area (Å²) in [5, 5.41) is 8.44. The first kappa shape index (κ1) is 14.8. The van der Waals surface area contributed by atoms with Crippen LogP contribution in [0.2, 0.25) is 0 Å². The van der Waals surface area contributed by atoms with Gasteiger partial charge in [0.15, 0.2) is 0 Å². The minimum atomic E-state index is -2.96. The number of hydrogen-bond donors (Lipinski definition) is 1. The molecule has 1 fully saturated rings. The van der Waals surface area contributed by atoms with Crippen LogP contribution in [-0.4, -0.2) is 49.1 Å². The van der Waals surface area contributed by atoms with Gasteiger partial charge in [-0.3, -0.25) is 4.79 Å². The van der Waals surface area contributed by atoms with Crippen molar-refractivity contribution in [2.45, 2.75) is 24.5 Å². The molecule has 110 valence electrons. The second-order valence-electron chi connectivity index (χ2n) is 5.11. The number of piperidine rings is 1. The highest BCUT2D eigenvalue weighted by molar-refractivity contribution is 7.91. The molecule has 0 amide bonds. The molecular weight excluding hydrogens is 280 g/mol. The minimum Gasteiger partial charge on any atom is -0.481 e. The van der Waals surface area contributed by atoms with Gasteiger partial charge < -0.3 is 10.0 Å². The molecule has 1 aromatic heterocycles. The second kappa shape index (κ2) is 5.78. The SMILES string of the molecule is CS(=O)(=O)C1CCN(c2ccc(CC(=O)O)cn2)CC1. The molecule has 2 rings (SSSR count). The van der Waals surface area contributed by atoms with Crippen molar-refractivity contribution >= 4 is 21.6 Å². The number of carboxylic acids is 1. The molecular formula is C13H18N2O4S. The Labute approximate surface area is 118 Å². The fraction of sp³-hybridized carbons (Fsp3) is 0.538. The summed E-state index contributed by atoms with van der Waals surface area (Å²) in [7, 11) is -2.96. The van der Waals surface area contributed by atoms with Crippen molar-refractivity contribution in [2.75, 3.05) is 24.2 Å². The maximum atomic E-state index is 11.5. The lowest BCUT2D eigenvalue weighted by molar-refractivity contribution is -0.136. The largest absolute Gasteiger partial charge is 0.481 e. The summed E-state index contributed by atoms with van der Waals surface area (Å²) in [6.07, 6.45) is 4.02. The van der Waals surface area contributed by atoms with Gasteiger partial charge in [0.25, 0.3) is 0 Å². The molecule has 1 saturated heterocycles. The van der Waals surface area contributed by atoms with Crippen LogP contribution < -0.4 is 4.90 Å². The topological polar surface area (TPSA) is 87.6 Å². The van der Waals surface area contributed by atoms with Gasteiger partial charge >= 0.3 is 5.97 Å². The third-order valence-electron chi connectivity index (χ3n) is 3.54. The van der Waals surface area contributed by atoms with Crippen molar-refractivity contribution in [1.29, 1.82) is 0 Å². The van der Waals surface area contributed by atoms with Crippen LogP contribution in [0.25, 0.3) is 0 Å². The Morgan fingerprint density at radius 2 is 2.05 bits per heavy atom. The molecule has 1 aliphatic heterocycles. The summed E-state index contributed by atoms with van der Waals surface area (Å²) in [5.41, 5.74) is 0.660. The molecule has 0 radical (unpaired) electrons. The molecule has 2 heterocycles. The van der Waals surface area contributed by atoms with Crippen LogP contribution in [0.5, 0.6) is 0 Å². The van der Waals surface area contributed by atoms with Crippen LogP contribution in [0, 0.1) is 0 Å². The van der Waals surface area contributed by atoms with Crippen LogP contribution in [0.4, 0.5) is 5.82 Å². The van der Waals surface area contributed by atoms with Crippen LogP contribution in [-0.2, 0) is 21.1 Å². The third kappa shape index (κ3) is 3.69. The van der Waals surface area contributed by atoms with E-state index in [1.54, 1.807) is 18.3 Å². The van der Waals surface area contributed by atoms with E-state index in [0.29, 0.717) is 31.5 Å². The lowest BCUT2D eigenvalue weighted by atomic mass is 10.1. The first-order valence-electron chi connectivity index (χ1n) is 6.47. The van der Waals surface area contributed by atoms with Crippen LogP contribution in [0.15, 0.2) is 18.3 Å². The Bertz CT molecular complexity index is 575. The maximum absolute atomic E-state index is 11.5. The van der Waals surface area contributed by atoms with E-state index in [4.69, 9.17) is 5.11 Å². The van der Waals surface area contributed by atoms with Crippen molar-refractivity contribution in [3.8, 4) is 0 Å². The molecule has 0 atom stereocenters. The Morgan fingerprint density at radius 1 is 1.40 bits per heavy atom. The summed E-state index contributed by atoms with van der Waals surface area (Å²) in [6, 6.07) is 3.54. The predicted molar refractivity (Wildman–Crippen MR) is 75.7 cm³/mol. The highest BCUT2D eigenvalue weighted by Crippen LogP contribution is 2.21.